The highest BCUT2D eigenvalue weighted by Gasteiger charge is 2.22. The van der Waals surface area contributed by atoms with Gasteiger partial charge in [-0.25, -0.2) is 0 Å². The Morgan fingerprint density at radius 1 is 1.15 bits per heavy atom. The molecular formula is C21H26Cl2N2O. The van der Waals surface area contributed by atoms with E-state index in [4.69, 9.17) is 27.9 Å². The molecule has 0 unspecified atom stereocenters. The second-order valence-electron chi connectivity index (χ2n) is 6.73. The van der Waals surface area contributed by atoms with E-state index in [1.54, 1.807) is 0 Å². The molecule has 3 nitrogen and oxygen atoms in total. The van der Waals surface area contributed by atoms with Gasteiger partial charge in [0.2, 0.25) is 0 Å². The first-order valence-corrected chi connectivity index (χ1v) is 10.0. The maximum atomic E-state index is 6.20. The van der Waals surface area contributed by atoms with Crippen LogP contribution in [0.3, 0.4) is 0 Å². The number of likely N-dealkylation sites (N-methyl/N-ethyl adjacent to an activating group) is 1. The molecule has 0 aliphatic carbocycles. The number of benzene rings is 2. The fraction of sp³-hybridized carbons (Fsp3) is 0.429. The fourth-order valence-electron chi connectivity index (χ4n) is 3.53. The molecule has 0 saturated carbocycles. The highest BCUT2D eigenvalue weighted by atomic mass is 35.5. The summed E-state index contributed by atoms with van der Waals surface area (Å²) in [4.78, 5) is 2.54. The monoisotopic (exact) mass is 392 g/mol. The first kappa shape index (κ1) is 19.5. The predicted octanol–water partition coefficient (Wildman–Crippen LogP) is 5.15. The smallest absolute Gasteiger partial charge is 0.124 e. The van der Waals surface area contributed by atoms with Crippen LogP contribution in [0.1, 0.15) is 30.9 Å². The second-order valence-corrected chi connectivity index (χ2v) is 7.60. The van der Waals surface area contributed by atoms with Crippen molar-refractivity contribution in [1.82, 2.24) is 10.2 Å². The molecule has 140 valence electrons. The molecule has 26 heavy (non-hydrogen) atoms. The maximum absolute atomic E-state index is 6.20. The molecule has 3 rings (SSSR count). The van der Waals surface area contributed by atoms with Gasteiger partial charge in [0.05, 0.1) is 0 Å². The molecule has 1 heterocycles. The Labute approximate surface area is 166 Å². The summed E-state index contributed by atoms with van der Waals surface area (Å²) in [6.45, 7) is 6.80. The van der Waals surface area contributed by atoms with Crippen molar-refractivity contribution < 1.29 is 4.74 Å². The Morgan fingerprint density at radius 3 is 2.81 bits per heavy atom. The zero-order valence-electron chi connectivity index (χ0n) is 15.2. The lowest BCUT2D eigenvalue weighted by molar-refractivity contribution is 0.259. The third-order valence-corrected chi connectivity index (χ3v) is 5.38. The van der Waals surface area contributed by atoms with Crippen molar-refractivity contribution >= 4 is 23.2 Å². The number of hydrogen-bond acceptors (Lipinski definition) is 3. The topological polar surface area (TPSA) is 24.5 Å². The number of likely N-dealkylation sites (tertiary alicyclic amines) is 1. The molecular weight excluding hydrogens is 367 g/mol. The number of nitrogens with zero attached hydrogens (tertiary/aromatic N) is 1. The Hall–Kier alpha value is -1.26. The maximum Gasteiger partial charge on any atom is 0.124 e. The van der Waals surface area contributed by atoms with Crippen LogP contribution in [0.25, 0.3) is 0 Å². The minimum atomic E-state index is 0.488. The number of hydrogen-bond donors (Lipinski definition) is 1. The Kier molecular flexibility index (Phi) is 7.21. The van der Waals surface area contributed by atoms with Gasteiger partial charge in [0.15, 0.2) is 0 Å². The van der Waals surface area contributed by atoms with E-state index in [0.29, 0.717) is 12.6 Å². The van der Waals surface area contributed by atoms with Crippen LogP contribution in [-0.4, -0.2) is 30.6 Å². The minimum absolute atomic E-state index is 0.488. The number of ether oxygens (including phenoxy) is 1. The van der Waals surface area contributed by atoms with Gasteiger partial charge in [0.1, 0.15) is 12.4 Å². The van der Waals surface area contributed by atoms with Crippen LogP contribution in [0.2, 0.25) is 10.0 Å². The first-order valence-electron chi connectivity index (χ1n) is 9.26. The largest absolute Gasteiger partial charge is 0.489 e. The van der Waals surface area contributed by atoms with Crippen molar-refractivity contribution in [2.45, 2.75) is 39.0 Å². The van der Waals surface area contributed by atoms with Gasteiger partial charge in [-0.05, 0) is 61.8 Å². The van der Waals surface area contributed by atoms with Crippen LogP contribution in [0, 0.1) is 0 Å². The summed E-state index contributed by atoms with van der Waals surface area (Å²) in [5.41, 5.74) is 2.14. The molecule has 1 saturated heterocycles. The molecule has 1 aliphatic rings. The molecule has 1 N–H and O–H groups in total. The zero-order chi connectivity index (χ0) is 18.4. The van der Waals surface area contributed by atoms with Gasteiger partial charge < -0.3 is 10.1 Å². The number of rotatable bonds is 8. The van der Waals surface area contributed by atoms with Crippen molar-refractivity contribution in [3.63, 3.8) is 0 Å². The van der Waals surface area contributed by atoms with Crippen molar-refractivity contribution in [2.75, 3.05) is 19.6 Å². The summed E-state index contributed by atoms with van der Waals surface area (Å²) in [6.07, 6.45) is 2.57. The van der Waals surface area contributed by atoms with Crippen LogP contribution in [-0.2, 0) is 13.2 Å². The fourth-order valence-corrected chi connectivity index (χ4v) is 3.94. The third-order valence-electron chi connectivity index (χ3n) is 4.91. The number of nitrogens with one attached hydrogen (secondary N) is 1. The average Bonchev–Trinajstić information content (AvgIpc) is 3.08. The van der Waals surface area contributed by atoms with Gasteiger partial charge in [-0.15, -0.1) is 0 Å². The van der Waals surface area contributed by atoms with Crippen LogP contribution >= 0.6 is 23.2 Å². The Bertz CT molecular complexity index is 723. The lowest BCUT2D eigenvalue weighted by Crippen LogP contribution is -2.37. The molecule has 0 bridgehead atoms. The first-order chi connectivity index (χ1) is 12.7. The standard InChI is InChI=1S/C21H26Cl2N2O/c1-2-25-10-4-7-20(25)14-24-13-17-12-19(23)8-9-21(17)26-15-16-5-3-6-18(22)11-16/h3,5-6,8-9,11-12,20,24H,2,4,7,10,13-15H2,1H3/t20-/m0/s1. The molecule has 1 atom stereocenters. The van der Waals surface area contributed by atoms with Crippen molar-refractivity contribution in [1.29, 1.82) is 0 Å². The van der Waals surface area contributed by atoms with Gasteiger partial charge in [-0.1, -0.05) is 42.3 Å². The van der Waals surface area contributed by atoms with E-state index in [0.717, 1.165) is 46.6 Å². The number of halogens is 2. The summed E-state index contributed by atoms with van der Waals surface area (Å²) >= 11 is 12.2. The summed E-state index contributed by atoms with van der Waals surface area (Å²) in [7, 11) is 0. The second kappa shape index (κ2) is 9.61. The average molecular weight is 393 g/mol. The van der Waals surface area contributed by atoms with E-state index in [1.165, 1.54) is 19.4 Å². The third kappa shape index (κ3) is 5.37. The van der Waals surface area contributed by atoms with Gasteiger partial charge >= 0.3 is 0 Å². The van der Waals surface area contributed by atoms with Crippen LogP contribution in [0.15, 0.2) is 42.5 Å². The summed E-state index contributed by atoms with van der Waals surface area (Å²) in [6, 6.07) is 14.2. The quantitative estimate of drug-likeness (QED) is 0.672. The lowest BCUT2D eigenvalue weighted by Gasteiger charge is -2.23. The lowest BCUT2D eigenvalue weighted by atomic mass is 10.1. The normalized spacial score (nSPS) is 17.6. The van der Waals surface area contributed by atoms with Crippen LogP contribution < -0.4 is 10.1 Å². The van der Waals surface area contributed by atoms with E-state index >= 15 is 0 Å². The van der Waals surface area contributed by atoms with Gasteiger partial charge in [-0.2, -0.15) is 0 Å². The molecule has 1 aliphatic heterocycles. The zero-order valence-corrected chi connectivity index (χ0v) is 16.7. The summed E-state index contributed by atoms with van der Waals surface area (Å²) in [5, 5.41) is 5.03. The Morgan fingerprint density at radius 2 is 2.00 bits per heavy atom. The highest BCUT2D eigenvalue weighted by molar-refractivity contribution is 6.30. The highest BCUT2D eigenvalue weighted by Crippen LogP contribution is 2.24. The van der Waals surface area contributed by atoms with Gasteiger partial charge in [0.25, 0.3) is 0 Å². The van der Waals surface area contributed by atoms with Crippen LogP contribution in [0.5, 0.6) is 5.75 Å². The summed E-state index contributed by atoms with van der Waals surface area (Å²) < 4.78 is 6.03. The van der Waals surface area contributed by atoms with Gasteiger partial charge in [0, 0.05) is 34.7 Å². The Balaban J connectivity index is 1.58. The van der Waals surface area contributed by atoms with E-state index in [1.807, 2.05) is 42.5 Å². The van der Waals surface area contributed by atoms with E-state index in [9.17, 15) is 0 Å². The SMILES string of the molecule is CCN1CCC[C@H]1CNCc1cc(Cl)ccc1OCc1cccc(Cl)c1. The van der Waals surface area contributed by atoms with E-state index in [2.05, 4.69) is 17.1 Å². The molecule has 1 fully saturated rings. The molecule has 2 aromatic carbocycles. The van der Waals surface area contributed by atoms with Crippen molar-refractivity contribution in [2.24, 2.45) is 0 Å². The molecule has 5 heteroatoms. The molecule has 0 aromatic heterocycles. The van der Waals surface area contributed by atoms with E-state index < -0.39 is 0 Å². The molecule has 0 amide bonds. The molecule has 2 aromatic rings. The minimum Gasteiger partial charge on any atom is -0.489 e. The van der Waals surface area contributed by atoms with E-state index in [-0.39, 0.29) is 0 Å². The molecule has 0 spiro atoms. The van der Waals surface area contributed by atoms with Crippen molar-refractivity contribution in [3.8, 4) is 5.75 Å². The predicted molar refractivity (Wildman–Crippen MR) is 109 cm³/mol. The summed E-state index contributed by atoms with van der Waals surface area (Å²) in [5.74, 6) is 0.862. The molecule has 0 radical (unpaired) electrons. The van der Waals surface area contributed by atoms with Crippen molar-refractivity contribution in [3.05, 3.63) is 63.6 Å². The van der Waals surface area contributed by atoms with Gasteiger partial charge in [-0.3, -0.25) is 4.90 Å². The van der Waals surface area contributed by atoms with Crippen LogP contribution in [0.4, 0.5) is 0 Å².